The van der Waals surface area contributed by atoms with Crippen LogP contribution in [0.3, 0.4) is 0 Å². The Labute approximate surface area is 240 Å². The molecule has 0 saturated heterocycles. The number of nitrogens with one attached hydrogen (secondary N) is 2. The van der Waals surface area contributed by atoms with Gasteiger partial charge >= 0.3 is 0 Å². The third-order valence-electron chi connectivity index (χ3n) is 7.25. The highest BCUT2D eigenvalue weighted by Crippen LogP contribution is 2.40. The average molecular weight is 543 g/mol. The van der Waals surface area contributed by atoms with Crippen LogP contribution in [0.5, 0.6) is 5.75 Å². The molecule has 3 aromatic carbocycles. The van der Waals surface area contributed by atoms with E-state index in [1.807, 2.05) is 67.6 Å². The molecule has 5 heteroatoms. The third kappa shape index (κ3) is 7.97. The summed E-state index contributed by atoms with van der Waals surface area (Å²) in [5.41, 5.74) is 5.93. The first kappa shape index (κ1) is 30.9. The number of carbonyl (C=O) groups is 2. The molecule has 3 N–H and O–H groups in total. The molecule has 5 nitrogen and oxygen atoms in total. The minimum Gasteiger partial charge on any atom is -0.507 e. The number of hydrogen-bond acceptors (Lipinski definition) is 3. The second-order valence-corrected chi connectivity index (χ2v) is 13.2. The smallest absolute Gasteiger partial charge is 0.251 e. The second kappa shape index (κ2) is 12.3. The first-order chi connectivity index (χ1) is 18.6. The zero-order valence-electron chi connectivity index (χ0n) is 25.6. The fourth-order valence-electron chi connectivity index (χ4n) is 4.70. The summed E-state index contributed by atoms with van der Waals surface area (Å²) in [5.74, 6) is 0.227. The largest absolute Gasteiger partial charge is 0.507 e. The van der Waals surface area contributed by atoms with Crippen molar-refractivity contribution in [1.82, 2.24) is 5.32 Å². The van der Waals surface area contributed by atoms with Gasteiger partial charge in [-0.05, 0) is 70.0 Å². The van der Waals surface area contributed by atoms with Crippen molar-refractivity contribution in [3.63, 3.8) is 0 Å². The number of carbonyl (C=O) groups excluding carboxylic acids is 2. The summed E-state index contributed by atoms with van der Waals surface area (Å²) in [4.78, 5) is 26.7. The summed E-state index contributed by atoms with van der Waals surface area (Å²) >= 11 is 0. The maximum atomic E-state index is 13.4. The summed E-state index contributed by atoms with van der Waals surface area (Å²) in [6.45, 7) is 18.7. The normalized spacial score (nSPS) is 12.8. The van der Waals surface area contributed by atoms with Crippen LogP contribution in [-0.4, -0.2) is 16.9 Å². The Balaban J connectivity index is 1.81. The van der Waals surface area contributed by atoms with Crippen molar-refractivity contribution in [3.8, 4) is 5.75 Å². The highest BCUT2D eigenvalue weighted by atomic mass is 16.3. The number of phenolic OH excluding ortho intramolecular Hbond substituents is 1. The lowest BCUT2D eigenvalue weighted by Crippen LogP contribution is -2.37. The molecule has 3 rings (SSSR count). The summed E-state index contributed by atoms with van der Waals surface area (Å²) in [6.07, 6.45) is 0.716. The molecule has 0 unspecified atom stereocenters. The molecule has 1 atom stereocenters. The van der Waals surface area contributed by atoms with E-state index in [1.54, 1.807) is 0 Å². The van der Waals surface area contributed by atoms with E-state index in [0.29, 0.717) is 23.8 Å². The van der Waals surface area contributed by atoms with Gasteiger partial charge in [-0.2, -0.15) is 0 Å². The molecular weight excluding hydrogens is 496 g/mol. The van der Waals surface area contributed by atoms with Gasteiger partial charge in [0.05, 0.1) is 0 Å². The topological polar surface area (TPSA) is 78.4 Å². The maximum Gasteiger partial charge on any atom is 0.251 e. The van der Waals surface area contributed by atoms with E-state index in [-0.39, 0.29) is 29.1 Å². The van der Waals surface area contributed by atoms with E-state index in [1.165, 1.54) is 5.56 Å². The molecule has 3 aromatic rings. The van der Waals surface area contributed by atoms with Gasteiger partial charge < -0.3 is 15.7 Å². The number of benzene rings is 3. The molecule has 0 saturated carbocycles. The second-order valence-electron chi connectivity index (χ2n) is 13.2. The van der Waals surface area contributed by atoms with Crippen molar-refractivity contribution in [2.45, 2.75) is 97.9 Å². The van der Waals surface area contributed by atoms with Crippen molar-refractivity contribution in [2.24, 2.45) is 0 Å². The molecule has 0 aromatic heterocycles. The minimum atomic E-state index is -0.826. The SMILES string of the molecule is Cc1ccc([C@@H](NC(=O)CCc2cc(C(C)(C)C)c(O)c(C(C)(C)C)c2)C(=O)Nc2ccc(C(C)C)cc2)cc1. The van der Waals surface area contributed by atoms with Gasteiger partial charge in [0.25, 0.3) is 5.91 Å². The van der Waals surface area contributed by atoms with Crippen LogP contribution < -0.4 is 10.6 Å². The Kier molecular flexibility index (Phi) is 9.50. The van der Waals surface area contributed by atoms with Crippen molar-refractivity contribution >= 4 is 17.5 Å². The van der Waals surface area contributed by atoms with Crippen LogP contribution in [0.1, 0.15) is 107 Å². The molecule has 2 amide bonds. The lowest BCUT2D eigenvalue weighted by atomic mass is 9.78. The molecule has 0 aliphatic carbocycles. The molecule has 0 heterocycles. The number of hydrogen-bond donors (Lipinski definition) is 3. The number of phenols is 1. The number of rotatable bonds is 8. The lowest BCUT2D eigenvalue weighted by Gasteiger charge is -2.28. The Bertz CT molecular complexity index is 1290. The fourth-order valence-corrected chi connectivity index (χ4v) is 4.70. The Morgan fingerprint density at radius 1 is 0.800 bits per heavy atom. The van der Waals surface area contributed by atoms with Gasteiger partial charge in [-0.25, -0.2) is 0 Å². The number of anilines is 1. The van der Waals surface area contributed by atoms with E-state index in [0.717, 1.165) is 27.8 Å². The van der Waals surface area contributed by atoms with Crippen LogP contribution in [0.4, 0.5) is 5.69 Å². The molecular formula is C35H46N2O3. The molecule has 0 bridgehead atoms. The molecule has 0 aliphatic heterocycles. The van der Waals surface area contributed by atoms with Crippen molar-refractivity contribution in [1.29, 1.82) is 0 Å². The highest BCUT2D eigenvalue weighted by molar-refractivity contribution is 5.98. The Morgan fingerprint density at radius 3 is 1.77 bits per heavy atom. The average Bonchev–Trinajstić information content (AvgIpc) is 2.86. The predicted molar refractivity (Wildman–Crippen MR) is 165 cm³/mol. The number of amides is 2. The molecule has 214 valence electrons. The first-order valence-corrected chi connectivity index (χ1v) is 14.2. The van der Waals surface area contributed by atoms with E-state index in [2.05, 4.69) is 66.0 Å². The standard InChI is InChI=1S/C35H46N2O3/c1-22(2)25-15-17-27(18-16-25)36-33(40)31(26-13-10-23(3)11-14-26)37-30(38)19-12-24-20-28(34(4,5)6)32(39)29(21-24)35(7,8)9/h10-11,13-18,20-22,31,39H,12,19H2,1-9H3,(H,36,40)(H,37,38)/t31-/m1/s1. The van der Waals surface area contributed by atoms with Gasteiger partial charge in [-0.3, -0.25) is 9.59 Å². The third-order valence-corrected chi connectivity index (χ3v) is 7.25. The van der Waals surface area contributed by atoms with Crippen LogP contribution >= 0.6 is 0 Å². The van der Waals surface area contributed by atoms with Crippen molar-refractivity contribution < 1.29 is 14.7 Å². The summed E-state index contributed by atoms with van der Waals surface area (Å²) < 4.78 is 0. The van der Waals surface area contributed by atoms with Crippen LogP contribution in [0.25, 0.3) is 0 Å². The predicted octanol–water partition coefficient (Wildman–Crippen LogP) is 7.85. The lowest BCUT2D eigenvalue weighted by molar-refractivity contribution is -0.126. The zero-order chi connectivity index (χ0) is 29.8. The maximum absolute atomic E-state index is 13.4. The van der Waals surface area contributed by atoms with Gasteiger partial charge in [0, 0.05) is 12.1 Å². The van der Waals surface area contributed by atoms with E-state index in [4.69, 9.17) is 0 Å². The van der Waals surface area contributed by atoms with Gasteiger partial charge in [0.2, 0.25) is 5.91 Å². The first-order valence-electron chi connectivity index (χ1n) is 14.2. The molecule has 0 radical (unpaired) electrons. The monoisotopic (exact) mass is 542 g/mol. The van der Waals surface area contributed by atoms with Gasteiger partial charge in [0.15, 0.2) is 0 Å². The summed E-state index contributed by atoms with van der Waals surface area (Å²) in [6, 6.07) is 18.6. The Hall–Kier alpha value is -3.60. The summed E-state index contributed by atoms with van der Waals surface area (Å²) in [7, 11) is 0. The molecule has 0 fully saturated rings. The molecule has 40 heavy (non-hydrogen) atoms. The van der Waals surface area contributed by atoms with Crippen molar-refractivity contribution in [3.05, 3.63) is 94.0 Å². The van der Waals surface area contributed by atoms with E-state index < -0.39 is 6.04 Å². The molecule has 0 spiro atoms. The van der Waals surface area contributed by atoms with Crippen LogP contribution in [0.15, 0.2) is 60.7 Å². The van der Waals surface area contributed by atoms with Gasteiger partial charge in [-0.15, -0.1) is 0 Å². The van der Waals surface area contributed by atoms with Crippen LogP contribution in [0.2, 0.25) is 0 Å². The van der Waals surface area contributed by atoms with Gasteiger partial charge in [0.1, 0.15) is 11.8 Å². The quantitative estimate of drug-likeness (QED) is 0.271. The van der Waals surface area contributed by atoms with Crippen molar-refractivity contribution in [2.75, 3.05) is 5.32 Å². The van der Waals surface area contributed by atoms with E-state index in [9.17, 15) is 14.7 Å². The van der Waals surface area contributed by atoms with Crippen LogP contribution in [0, 0.1) is 6.92 Å². The van der Waals surface area contributed by atoms with Crippen LogP contribution in [-0.2, 0) is 26.8 Å². The zero-order valence-corrected chi connectivity index (χ0v) is 25.6. The Morgan fingerprint density at radius 2 is 1.30 bits per heavy atom. The number of aromatic hydroxyl groups is 1. The highest BCUT2D eigenvalue weighted by Gasteiger charge is 2.27. The van der Waals surface area contributed by atoms with Gasteiger partial charge in [-0.1, -0.05) is 109 Å². The minimum absolute atomic E-state index is 0.210. The summed E-state index contributed by atoms with van der Waals surface area (Å²) in [5, 5.41) is 17.0. The molecule has 0 aliphatic rings. The number of aryl methyl sites for hydroxylation is 2. The fraction of sp³-hybridized carbons (Fsp3) is 0.429. The van der Waals surface area contributed by atoms with E-state index >= 15 is 0 Å².